The summed E-state index contributed by atoms with van der Waals surface area (Å²) in [4.78, 5) is 25.8. The highest BCUT2D eigenvalue weighted by Gasteiger charge is 2.27. The third-order valence-electron chi connectivity index (χ3n) is 4.10. The van der Waals surface area contributed by atoms with Crippen molar-refractivity contribution in [2.24, 2.45) is 0 Å². The molecule has 0 saturated carbocycles. The topological polar surface area (TPSA) is 93.4 Å². The summed E-state index contributed by atoms with van der Waals surface area (Å²) in [6, 6.07) is 2.28. The van der Waals surface area contributed by atoms with E-state index >= 15 is 0 Å². The zero-order valence-corrected chi connectivity index (χ0v) is 18.7. The quantitative estimate of drug-likeness (QED) is 0.323. The zero-order chi connectivity index (χ0) is 21.6. The molecule has 2 aromatic rings. The molecule has 1 aromatic heterocycles. The maximum Gasteiger partial charge on any atom is 0.342 e. The third kappa shape index (κ3) is 5.84. The van der Waals surface area contributed by atoms with Gasteiger partial charge < -0.3 is 28.1 Å². The van der Waals surface area contributed by atoms with Crippen molar-refractivity contribution in [3.05, 3.63) is 28.1 Å². The smallest absolute Gasteiger partial charge is 0.342 e. The Morgan fingerprint density at radius 1 is 1.14 bits per heavy atom. The first-order valence-electron chi connectivity index (χ1n) is 9.19. The Balaban J connectivity index is 2.63. The van der Waals surface area contributed by atoms with Crippen molar-refractivity contribution in [2.45, 2.75) is 25.7 Å². The Hall–Kier alpha value is -2.30. The molecule has 0 aliphatic carbocycles. The van der Waals surface area contributed by atoms with E-state index in [1.165, 1.54) is 26.5 Å². The summed E-state index contributed by atoms with van der Waals surface area (Å²) in [5.41, 5.74) is 0.160. The van der Waals surface area contributed by atoms with E-state index in [1.807, 2.05) is 0 Å². The molecule has 0 aliphatic rings. The number of carbonyl (C=O) groups is 1. The van der Waals surface area contributed by atoms with Gasteiger partial charge in [-0.2, -0.15) is 0 Å². The molecule has 0 bridgehead atoms. The molecule has 0 unspecified atom stereocenters. The molecule has 0 radical (unpaired) electrons. The van der Waals surface area contributed by atoms with Gasteiger partial charge in [0.15, 0.2) is 30.5 Å². The Labute approximate surface area is 171 Å². The molecule has 1 aromatic carbocycles. The summed E-state index contributed by atoms with van der Waals surface area (Å²) >= 11 is 0. The van der Waals surface area contributed by atoms with Crippen LogP contribution in [-0.2, 0) is 14.2 Å². The van der Waals surface area contributed by atoms with E-state index in [0.29, 0.717) is 5.46 Å². The van der Waals surface area contributed by atoms with Crippen molar-refractivity contribution < 1.29 is 32.9 Å². The standard InChI is InChI=1S/C19H27BO8Si/c1-23-10-27-14-8-13-15(17(21)12(20)9-26-13)16(18(14)28-11-24-2)19(22)25-6-7-29(3,4)5/h8-9H,6-7,10-11,20H2,1-5H3. The van der Waals surface area contributed by atoms with E-state index in [9.17, 15) is 9.59 Å². The maximum atomic E-state index is 13.0. The van der Waals surface area contributed by atoms with Crippen molar-refractivity contribution in [3.8, 4) is 11.5 Å². The summed E-state index contributed by atoms with van der Waals surface area (Å²) in [6.07, 6.45) is 1.33. The molecule has 0 amide bonds. The number of methoxy groups -OCH3 is 2. The third-order valence-corrected chi connectivity index (χ3v) is 5.80. The van der Waals surface area contributed by atoms with Crippen LogP contribution in [-0.4, -0.2) is 56.3 Å². The van der Waals surface area contributed by atoms with Crippen molar-refractivity contribution in [1.29, 1.82) is 0 Å². The van der Waals surface area contributed by atoms with Crippen LogP contribution < -0.4 is 20.4 Å². The van der Waals surface area contributed by atoms with Gasteiger partial charge in [-0.3, -0.25) is 4.79 Å². The second kappa shape index (κ2) is 9.95. The fraction of sp³-hybridized carbons (Fsp3) is 0.474. The predicted molar refractivity (Wildman–Crippen MR) is 114 cm³/mol. The van der Waals surface area contributed by atoms with E-state index in [2.05, 4.69) is 19.6 Å². The highest BCUT2D eigenvalue weighted by Crippen LogP contribution is 2.37. The van der Waals surface area contributed by atoms with Crippen LogP contribution in [0.1, 0.15) is 10.4 Å². The number of ether oxygens (including phenoxy) is 5. The van der Waals surface area contributed by atoms with Crippen LogP contribution in [0.5, 0.6) is 11.5 Å². The van der Waals surface area contributed by atoms with Crippen LogP contribution in [0.25, 0.3) is 11.0 Å². The second-order valence-electron chi connectivity index (χ2n) is 7.75. The molecule has 0 atom stereocenters. The van der Waals surface area contributed by atoms with E-state index in [0.717, 1.165) is 6.04 Å². The van der Waals surface area contributed by atoms with E-state index in [4.69, 9.17) is 28.1 Å². The predicted octanol–water partition coefficient (Wildman–Crippen LogP) is 1.51. The summed E-state index contributed by atoms with van der Waals surface area (Å²) in [7, 11) is 3.11. The molecular formula is C19H27BO8Si. The highest BCUT2D eigenvalue weighted by atomic mass is 28.3. The first-order valence-corrected chi connectivity index (χ1v) is 12.9. The number of fused-ring (bicyclic) bond motifs is 1. The van der Waals surface area contributed by atoms with Gasteiger partial charge in [0.25, 0.3) is 0 Å². The van der Waals surface area contributed by atoms with Gasteiger partial charge in [0.1, 0.15) is 19.0 Å². The summed E-state index contributed by atoms with van der Waals surface area (Å²) < 4.78 is 32.1. The molecule has 0 spiro atoms. The average Bonchev–Trinajstić information content (AvgIpc) is 2.66. The highest BCUT2D eigenvalue weighted by molar-refractivity contribution is 6.76. The van der Waals surface area contributed by atoms with Crippen molar-refractivity contribution in [3.63, 3.8) is 0 Å². The van der Waals surface area contributed by atoms with Gasteiger partial charge in [-0.05, 0) is 11.5 Å². The van der Waals surface area contributed by atoms with Crippen LogP contribution >= 0.6 is 0 Å². The average molecular weight is 422 g/mol. The second-order valence-corrected chi connectivity index (χ2v) is 13.4. The van der Waals surface area contributed by atoms with E-state index in [1.54, 1.807) is 7.85 Å². The van der Waals surface area contributed by atoms with Gasteiger partial charge in [-0.15, -0.1) is 0 Å². The Bertz CT molecular complexity index is 919. The number of hydrogen-bond donors (Lipinski definition) is 0. The van der Waals surface area contributed by atoms with E-state index in [-0.39, 0.29) is 53.7 Å². The van der Waals surface area contributed by atoms with Crippen LogP contribution in [0.3, 0.4) is 0 Å². The number of carbonyl (C=O) groups excluding carboxylic acids is 1. The fourth-order valence-electron chi connectivity index (χ4n) is 2.55. The van der Waals surface area contributed by atoms with E-state index < -0.39 is 14.0 Å². The summed E-state index contributed by atoms with van der Waals surface area (Å²) in [5, 5.41) is 0.0823. The lowest BCUT2D eigenvalue weighted by Crippen LogP contribution is -2.27. The minimum atomic E-state index is -1.41. The molecule has 29 heavy (non-hydrogen) atoms. The number of benzene rings is 1. The van der Waals surface area contributed by atoms with Gasteiger partial charge in [0, 0.05) is 28.4 Å². The van der Waals surface area contributed by atoms with Crippen molar-refractivity contribution in [2.75, 3.05) is 34.4 Å². The molecule has 10 heteroatoms. The van der Waals surface area contributed by atoms with Crippen molar-refractivity contribution in [1.82, 2.24) is 0 Å². The first kappa shape index (κ1) is 23.0. The van der Waals surface area contributed by atoms with Gasteiger partial charge in [-0.1, -0.05) is 19.6 Å². The Kier molecular flexibility index (Phi) is 7.89. The monoisotopic (exact) mass is 422 g/mol. The summed E-state index contributed by atoms with van der Waals surface area (Å²) in [5.74, 6) is -0.451. The minimum Gasteiger partial charge on any atom is -0.464 e. The zero-order valence-electron chi connectivity index (χ0n) is 17.7. The number of rotatable bonds is 10. The van der Waals surface area contributed by atoms with Gasteiger partial charge >= 0.3 is 5.97 Å². The van der Waals surface area contributed by atoms with Crippen LogP contribution in [0.15, 0.2) is 21.5 Å². The van der Waals surface area contributed by atoms with Gasteiger partial charge in [-0.25, -0.2) is 4.79 Å². The van der Waals surface area contributed by atoms with Crippen LogP contribution in [0, 0.1) is 0 Å². The SMILES string of the molecule is Bc1coc2cc(OCOC)c(OCOC)c(C(=O)OCC[Si](C)(C)C)c2c1=O. The summed E-state index contributed by atoms with van der Waals surface area (Å²) in [6.45, 7) is 6.55. The molecule has 2 rings (SSSR count). The molecule has 0 fully saturated rings. The van der Waals surface area contributed by atoms with Gasteiger partial charge in [0.05, 0.1) is 18.3 Å². The Morgan fingerprint density at radius 3 is 2.41 bits per heavy atom. The lowest BCUT2D eigenvalue weighted by Gasteiger charge is -2.18. The minimum absolute atomic E-state index is 0.0429. The lowest BCUT2D eigenvalue weighted by atomic mass is 9.95. The normalized spacial score (nSPS) is 11.5. The molecular weight excluding hydrogens is 395 g/mol. The Morgan fingerprint density at radius 2 is 1.79 bits per heavy atom. The molecule has 0 saturated heterocycles. The molecule has 0 N–H and O–H groups in total. The number of hydrogen-bond acceptors (Lipinski definition) is 8. The first-order chi connectivity index (χ1) is 13.7. The largest absolute Gasteiger partial charge is 0.464 e. The molecule has 158 valence electrons. The molecule has 8 nitrogen and oxygen atoms in total. The van der Waals surface area contributed by atoms with Crippen molar-refractivity contribution >= 4 is 38.3 Å². The van der Waals surface area contributed by atoms with Crippen LogP contribution in [0.4, 0.5) is 0 Å². The van der Waals surface area contributed by atoms with Gasteiger partial charge in [0.2, 0.25) is 0 Å². The maximum absolute atomic E-state index is 13.0. The molecule has 0 aliphatic heterocycles. The molecule has 1 heterocycles. The number of esters is 1. The van der Waals surface area contributed by atoms with Crippen LogP contribution in [0.2, 0.25) is 25.7 Å². The fourth-order valence-corrected chi connectivity index (χ4v) is 3.26. The lowest BCUT2D eigenvalue weighted by molar-refractivity contribution is 0.0299.